The van der Waals surface area contributed by atoms with Crippen LogP contribution >= 0.6 is 35.3 Å². The zero-order chi connectivity index (χ0) is 21.2. The van der Waals surface area contributed by atoms with Crippen molar-refractivity contribution < 1.29 is 4.74 Å². The second-order valence-electron chi connectivity index (χ2n) is 6.86. The summed E-state index contributed by atoms with van der Waals surface area (Å²) in [7, 11) is 0. The first-order valence-corrected chi connectivity index (χ1v) is 11.0. The first-order chi connectivity index (χ1) is 14.7. The van der Waals surface area contributed by atoms with Crippen molar-refractivity contribution >= 4 is 41.3 Å². The Labute approximate surface area is 205 Å². The molecule has 0 amide bonds. The van der Waals surface area contributed by atoms with Crippen LogP contribution in [0.5, 0.6) is 5.88 Å². The molecule has 0 radical (unpaired) electrons. The van der Waals surface area contributed by atoms with E-state index in [2.05, 4.69) is 41.4 Å². The molecule has 2 heterocycles. The zero-order valence-electron chi connectivity index (χ0n) is 18.2. The molecule has 0 aliphatic rings. The van der Waals surface area contributed by atoms with Crippen LogP contribution in [0.25, 0.3) is 0 Å². The predicted octanol–water partition coefficient (Wildman–Crippen LogP) is 4.65. The third-order valence-corrected chi connectivity index (χ3v) is 5.66. The van der Waals surface area contributed by atoms with E-state index in [1.807, 2.05) is 42.5 Å². The van der Waals surface area contributed by atoms with Crippen molar-refractivity contribution in [3.8, 4) is 5.88 Å². The van der Waals surface area contributed by atoms with Gasteiger partial charge in [-0.15, -0.1) is 35.3 Å². The molecule has 166 valence electrons. The minimum atomic E-state index is 0. The Morgan fingerprint density at radius 1 is 1.10 bits per heavy atom. The summed E-state index contributed by atoms with van der Waals surface area (Å²) in [4.78, 5) is 15.0. The molecule has 0 fully saturated rings. The third kappa shape index (κ3) is 8.10. The van der Waals surface area contributed by atoms with Gasteiger partial charge < -0.3 is 15.4 Å². The van der Waals surface area contributed by atoms with E-state index >= 15 is 0 Å². The van der Waals surface area contributed by atoms with Crippen molar-refractivity contribution in [2.75, 3.05) is 13.1 Å². The Balaban J connectivity index is 0.00000341. The maximum atomic E-state index is 5.94. The molecule has 8 heteroatoms. The molecule has 3 aromatic rings. The molecular weight excluding hydrogens is 521 g/mol. The van der Waals surface area contributed by atoms with Crippen LogP contribution < -0.4 is 15.4 Å². The fraction of sp³-hybridized carbons (Fsp3) is 0.348. The van der Waals surface area contributed by atoms with E-state index < -0.39 is 0 Å². The molecule has 31 heavy (non-hydrogen) atoms. The molecule has 2 aromatic heterocycles. The van der Waals surface area contributed by atoms with Crippen molar-refractivity contribution in [3.63, 3.8) is 0 Å². The fourth-order valence-corrected chi connectivity index (χ4v) is 3.77. The number of hydrogen-bond acceptors (Lipinski definition) is 5. The average molecular weight is 551 g/mol. The Bertz CT molecular complexity index is 942. The van der Waals surface area contributed by atoms with E-state index in [4.69, 9.17) is 9.73 Å². The molecule has 3 rings (SSSR count). The van der Waals surface area contributed by atoms with E-state index in [0.29, 0.717) is 19.0 Å². The Morgan fingerprint density at radius 3 is 2.61 bits per heavy atom. The van der Waals surface area contributed by atoms with Crippen molar-refractivity contribution in [2.24, 2.45) is 4.99 Å². The van der Waals surface area contributed by atoms with Crippen LogP contribution in [0, 0.1) is 13.8 Å². The van der Waals surface area contributed by atoms with Gasteiger partial charge in [0.25, 0.3) is 0 Å². The van der Waals surface area contributed by atoms with Crippen molar-refractivity contribution in [2.45, 2.75) is 40.3 Å². The number of nitrogens with one attached hydrogen (secondary N) is 2. The standard InChI is InChI=1S/C23H29N5OS.HI/c1-4-24-23(26-14-12-21-28-17(2)18(3)30-21)27-15-20-11-8-13-25-22(20)29-16-19-9-6-5-7-10-19;/h5-11,13H,4,12,14-16H2,1-3H3,(H2,24,26,27);1H. The lowest BCUT2D eigenvalue weighted by molar-refractivity contribution is 0.290. The zero-order valence-corrected chi connectivity index (χ0v) is 21.4. The molecule has 1 aromatic carbocycles. The number of aromatic nitrogens is 2. The highest BCUT2D eigenvalue weighted by atomic mass is 127. The van der Waals surface area contributed by atoms with Gasteiger partial charge >= 0.3 is 0 Å². The number of halogens is 1. The number of thiazole rings is 1. The van der Waals surface area contributed by atoms with Gasteiger partial charge in [-0.2, -0.15) is 0 Å². The van der Waals surface area contributed by atoms with Gasteiger partial charge in [0.05, 0.1) is 17.2 Å². The summed E-state index contributed by atoms with van der Waals surface area (Å²) in [6.45, 7) is 8.78. The number of aryl methyl sites for hydroxylation is 2. The highest BCUT2D eigenvalue weighted by Gasteiger charge is 2.07. The van der Waals surface area contributed by atoms with E-state index in [-0.39, 0.29) is 24.0 Å². The molecule has 6 nitrogen and oxygen atoms in total. The lowest BCUT2D eigenvalue weighted by Crippen LogP contribution is -2.38. The first-order valence-electron chi connectivity index (χ1n) is 10.2. The summed E-state index contributed by atoms with van der Waals surface area (Å²) in [6.07, 6.45) is 2.62. The smallest absolute Gasteiger partial charge is 0.218 e. The molecule has 0 aliphatic heterocycles. The van der Waals surface area contributed by atoms with Gasteiger partial charge in [0.2, 0.25) is 5.88 Å². The Kier molecular flexibility index (Phi) is 10.7. The minimum absolute atomic E-state index is 0. The molecule has 0 saturated carbocycles. The molecule has 0 unspecified atom stereocenters. The number of pyridine rings is 1. The quantitative estimate of drug-likeness (QED) is 0.230. The van der Waals surface area contributed by atoms with Crippen molar-refractivity contribution in [3.05, 3.63) is 75.4 Å². The van der Waals surface area contributed by atoms with E-state index in [1.165, 1.54) is 4.88 Å². The Hall–Kier alpha value is -2.20. The van der Waals surface area contributed by atoms with Gasteiger partial charge in [0.15, 0.2) is 5.96 Å². The van der Waals surface area contributed by atoms with Crippen LogP contribution in [-0.2, 0) is 19.6 Å². The molecule has 2 N–H and O–H groups in total. The van der Waals surface area contributed by atoms with Gasteiger partial charge in [-0.05, 0) is 32.4 Å². The number of aliphatic imine (C=N–C) groups is 1. The highest BCUT2D eigenvalue weighted by molar-refractivity contribution is 14.0. The van der Waals surface area contributed by atoms with Gasteiger partial charge in [-0.1, -0.05) is 36.4 Å². The summed E-state index contributed by atoms with van der Waals surface area (Å²) in [6, 6.07) is 14.0. The van der Waals surface area contributed by atoms with Crippen LogP contribution in [-0.4, -0.2) is 29.0 Å². The van der Waals surface area contributed by atoms with E-state index in [9.17, 15) is 0 Å². The van der Waals surface area contributed by atoms with Gasteiger partial charge in [-0.3, -0.25) is 0 Å². The summed E-state index contributed by atoms with van der Waals surface area (Å²) in [5.41, 5.74) is 3.19. The molecule has 0 saturated heterocycles. The minimum Gasteiger partial charge on any atom is -0.473 e. The third-order valence-electron chi connectivity index (χ3n) is 4.52. The summed E-state index contributed by atoms with van der Waals surface area (Å²) in [5.74, 6) is 1.40. The topological polar surface area (TPSA) is 71.4 Å². The van der Waals surface area contributed by atoms with E-state index in [1.54, 1.807) is 17.5 Å². The van der Waals surface area contributed by atoms with Gasteiger partial charge in [-0.25, -0.2) is 15.0 Å². The van der Waals surface area contributed by atoms with Crippen LogP contribution in [0.1, 0.15) is 33.6 Å². The van der Waals surface area contributed by atoms with Crippen molar-refractivity contribution in [1.82, 2.24) is 20.6 Å². The number of ether oxygens (including phenoxy) is 1. The lowest BCUT2D eigenvalue weighted by atomic mass is 10.2. The Morgan fingerprint density at radius 2 is 1.90 bits per heavy atom. The highest BCUT2D eigenvalue weighted by Crippen LogP contribution is 2.18. The van der Waals surface area contributed by atoms with Crippen LogP contribution in [0.15, 0.2) is 53.7 Å². The number of hydrogen-bond donors (Lipinski definition) is 2. The maximum absolute atomic E-state index is 5.94. The average Bonchev–Trinajstić information content (AvgIpc) is 3.09. The normalized spacial score (nSPS) is 11.0. The molecular formula is C23H30IN5OS. The number of guanidine groups is 1. The van der Waals surface area contributed by atoms with Gasteiger partial charge in [0.1, 0.15) is 6.61 Å². The monoisotopic (exact) mass is 551 g/mol. The van der Waals surface area contributed by atoms with Crippen LogP contribution in [0.3, 0.4) is 0 Å². The SMILES string of the molecule is CCNC(=NCc1cccnc1OCc1ccccc1)NCCc1nc(C)c(C)s1.I. The van der Waals surface area contributed by atoms with Crippen LogP contribution in [0.4, 0.5) is 0 Å². The fourth-order valence-electron chi connectivity index (χ4n) is 2.84. The molecule has 0 aliphatic carbocycles. The summed E-state index contributed by atoms with van der Waals surface area (Å²) >= 11 is 1.76. The number of benzene rings is 1. The van der Waals surface area contributed by atoms with Crippen molar-refractivity contribution in [1.29, 1.82) is 0 Å². The first kappa shape index (κ1) is 25.1. The van der Waals surface area contributed by atoms with E-state index in [0.717, 1.165) is 47.3 Å². The summed E-state index contributed by atoms with van der Waals surface area (Å²) < 4.78 is 5.94. The van der Waals surface area contributed by atoms with Crippen LogP contribution in [0.2, 0.25) is 0 Å². The lowest BCUT2D eigenvalue weighted by Gasteiger charge is -2.12. The second-order valence-corrected chi connectivity index (χ2v) is 8.15. The van der Waals surface area contributed by atoms with Gasteiger partial charge in [0, 0.05) is 36.1 Å². The summed E-state index contributed by atoms with van der Waals surface area (Å²) in [5, 5.41) is 7.83. The number of nitrogens with zero attached hydrogens (tertiary/aromatic N) is 3. The maximum Gasteiger partial charge on any atom is 0.218 e. The second kappa shape index (κ2) is 13.3. The largest absolute Gasteiger partial charge is 0.473 e. The molecule has 0 spiro atoms. The number of rotatable bonds is 9. The molecule has 0 atom stereocenters. The molecule has 0 bridgehead atoms. The predicted molar refractivity (Wildman–Crippen MR) is 139 cm³/mol.